The summed E-state index contributed by atoms with van der Waals surface area (Å²) in [5.74, 6) is 0. The molecular formula is C25H48OSn. The minimum atomic E-state index is -2.47. The van der Waals surface area contributed by atoms with Crippen molar-refractivity contribution >= 4 is 18.4 Å². The van der Waals surface area contributed by atoms with Crippen LogP contribution in [-0.4, -0.2) is 30.1 Å². The number of rotatable bonds is 15. The van der Waals surface area contributed by atoms with Crippen LogP contribution in [0.25, 0.3) is 0 Å². The molecule has 0 aromatic carbocycles. The Balaban J connectivity index is 3.24. The molecule has 1 aliphatic rings. The second kappa shape index (κ2) is 15.1. The van der Waals surface area contributed by atoms with Gasteiger partial charge >= 0.3 is 175 Å². The minimum absolute atomic E-state index is 0.345. The third-order valence-electron chi connectivity index (χ3n) is 6.69. The van der Waals surface area contributed by atoms with Crippen LogP contribution in [0.1, 0.15) is 111 Å². The molecule has 0 aromatic rings. The summed E-state index contributed by atoms with van der Waals surface area (Å²) in [4.78, 5) is 0. The first-order valence-corrected chi connectivity index (χ1v) is 19.7. The Morgan fingerprint density at radius 1 is 0.815 bits per heavy atom. The summed E-state index contributed by atoms with van der Waals surface area (Å²) < 4.78 is 5.98. The van der Waals surface area contributed by atoms with E-state index >= 15 is 0 Å². The average molecular weight is 483 g/mol. The number of hydrogen-bond acceptors (Lipinski definition) is 1. The van der Waals surface area contributed by atoms with Crippen LogP contribution < -0.4 is 0 Å². The average Bonchev–Trinajstić information content (AvgIpc) is 2.71. The summed E-state index contributed by atoms with van der Waals surface area (Å²) in [6, 6.07) is 0. The van der Waals surface area contributed by atoms with Crippen molar-refractivity contribution in [3.8, 4) is 0 Å². The fourth-order valence-electron chi connectivity index (χ4n) is 4.82. The van der Waals surface area contributed by atoms with Crippen molar-refractivity contribution in [2.24, 2.45) is 0 Å². The Bertz CT molecular complexity index is 427. The zero-order valence-electron chi connectivity index (χ0n) is 19.0. The van der Waals surface area contributed by atoms with Crippen molar-refractivity contribution in [1.29, 1.82) is 0 Å². The van der Waals surface area contributed by atoms with E-state index in [4.69, 9.17) is 0 Å². The first kappa shape index (κ1) is 25.3. The quantitative estimate of drug-likeness (QED) is 0.232. The summed E-state index contributed by atoms with van der Waals surface area (Å²) in [5, 5.41) is 10.5. The summed E-state index contributed by atoms with van der Waals surface area (Å²) in [7, 11) is 0. The molecule has 1 rings (SSSR count). The normalized spacial score (nSPS) is 16.3. The maximum atomic E-state index is 10.5. The predicted molar refractivity (Wildman–Crippen MR) is 125 cm³/mol. The number of aliphatic hydroxyl groups is 1. The maximum absolute atomic E-state index is 10.5. The molecular weight excluding hydrogens is 435 g/mol. The number of hydrogen-bond donors (Lipinski definition) is 1. The molecule has 158 valence electrons. The van der Waals surface area contributed by atoms with Crippen LogP contribution in [0.15, 0.2) is 20.8 Å². The monoisotopic (exact) mass is 484 g/mol. The summed E-state index contributed by atoms with van der Waals surface area (Å²) in [5.41, 5.74) is 3.38. The van der Waals surface area contributed by atoms with E-state index in [1.807, 2.05) is 0 Å². The molecule has 1 nitrogen and oxygen atoms in total. The molecule has 0 saturated carbocycles. The van der Waals surface area contributed by atoms with Gasteiger partial charge in [-0.25, -0.2) is 0 Å². The van der Waals surface area contributed by atoms with E-state index in [0.717, 1.165) is 0 Å². The molecule has 27 heavy (non-hydrogen) atoms. The molecule has 1 N–H and O–H groups in total. The molecule has 1 aliphatic carbocycles. The first-order chi connectivity index (χ1) is 13.2. The molecule has 0 aromatic heterocycles. The molecule has 0 fully saturated rings. The molecule has 0 radical (unpaired) electrons. The van der Waals surface area contributed by atoms with Gasteiger partial charge in [0.2, 0.25) is 0 Å². The van der Waals surface area contributed by atoms with Crippen molar-refractivity contribution < 1.29 is 5.11 Å². The first-order valence-electron chi connectivity index (χ1n) is 12.2. The van der Waals surface area contributed by atoms with Crippen molar-refractivity contribution in [2.75, 3.05) is 6.61 Å². The summed E-state index contributed by atoms with van der Waals surface area (Å²) in [6.45, 7) is 9.67. The van der Waals surface area contributed by atoms with E-state index in [-0.39, 0.29) is 0 Å². The molecule has 0 unspecified atom stereocenters. The second-order valence-corrected chi connectivity index (χ2v) is 22.3. The Morgan fingerprint density at radius 2 is 1.33 bits per heavy atom. The fraction of sp³-hybridized carbons (Fsp3) is 0.840. The zero-order chi connectivity index (χ0) is 20.0. The van der Waals surface area contributed by atoms with E-state index in [1.54, 1.807) is 14.7 Å². The van der Waals surface area contributed by atoms with Gasteiger partial charge in [0, 0.05) is 0 Å². The Morgan fingerprint density at radius 3 is 1.81 bits per heavy atom. The van der Waals surface area contributed by atoms with E-state index in [9.17, 15) is 5.11 Å². The Hall–Kier alpha value is 0.239. The Kier molecular flexibility index (Phi) is 14.2. The van der Waals surface area contributed by atoms with Gasteiger partial charge in [0.1, 0.15) is 0 Å². The molecule has 0 bridgehead atoms. The van der Waals surface area contributed by atoms with Gasteiger partial charge < -0.3 is 0 Å². The fourth-order valence-corrected chi connectivity index (χ4v) is 20.9. The molecule has 0 saturated heterocycles. The van der Waals surface area contributed by atoms with Gasteiger partial charge in [-0.1, -0.05) is 0 Å². The molecule has 0 aliphatic heterocycles. The van der Waals surface area contributed by atoms with Crippen LogP contribution in [0.4, 0.5) is 0 Å². The van der Waals surface area contributed by atoms with Crippen LogP contribution in [0, 0.1) is 0 Å². The van der Waals surface area contributed by atoms with Gasteiger partial charge in [-0.05, 0) is 0 Å². The van der Waals surface area contributed by atoms with Gasteiger partial charge in [-0.2, -0.15) is 0 Å². The molecule has 2 heteroatoms. The topological polar surface area (TPSA) is 20.2 Å². The van der Waals surface area contributed by atoms with Crippen molar-refractivity contribution in [3.05, 3.63) is 20.8 Å². The van der Waals surface area contributed by atoms with Crippen LogP contribution in [0.5, 0.6) is 0 Å². The SMILES string of the molecule is CCCCC1=C(/C=[C](\CO)[Sn]([CH2]CCC)([CH2]CCC)[CH2]CCC)CCCC1. The standard InChI is InChI=1S/C13H21O.3C4H9.Sn/c1-2-3-7-12-8-4-5-9-13(12)10-6-11-14;3*1-3-4-2;/h10,14H,2-5,7-9,11H2,1H3;3*1,3-4H2,2H3;. The van der Waals surface area contributed by atoms with Crippen LogP contribution >= 0.6 is 0 Å². The van der Waals surface area contributed by atoms with E-state index in [1.165, 1.54) is 96.8 Å². The van der Waals surface area contributed by atoms with Gasteiger partial charge in [0.25, 0.3) is 0 Å². The van der Waals surface area contributed by atoms with Crippen molar-refractivity contribution in [3.63, 3.8) is 0 Å². The van der Waals surface area contributed by atoms with Crippen LogP contribution in [0.3, 0.4) is 0 Å². The number of unbranched alkanes of at least 4 members (excludes halogenated alkanes) is 4. The van der Waals surface area contributed by atoms with Crippen molar-refractivity contribution in [1.82, 2.24) is 0 Å². The van der Waals surface area contributed by atoms with Gasteiger partial charge in [-0.15, -0.1) is 0 Å². The van der Waals surface area contributed by atoms with Gasteiger partial charge in [0.05, 0.1) is 0 Å². The van der Waals surface area contributed by atoms with E-state index < -0.39 is 18.4 Å². The number of aliphatic hydroxyl groups excluding tert-OH is 1. The van der Waals surface area contributed by atoms with Crippen molar-refractivity contribution in [2.45, 2.75) is 124 Å². The second-order valence-electron chi connectivity index (χ2n) is 8.86. The van der Waals surface area contributed by atoms with Gasteiger partial charge in [0.15, 0.2) is 0 Å². The third-order valence-corrected chi connectivity index (χ3v) is 22.7. The molecule has 0 amide bonds. The summed E-state index contributed by atoms with van der Waals surface area (Å²) in [6.07, 6.45) is 19.9. The van der Waals surface area contributed by atoms with E-state index in [0.29, 0.717) is 6.61 Å². The number of allylic oxidation sites excluding steroid dienone is 3. The predicted octanol–water partition coefficient (Wildman–Crippen LogP) is 8.35. The molecule has 0 spiro atoms. The molecule has 0 atom stereocenters. The van der Waals surface area contributed by atoms with Gasteiger partial charge in [-0.3, -0.25) is 0 Å². The third kappa shape index (κ3) is 8.64. The van der Waals surface area contributed by atoms with E-state index in [2.05, 4.69) is 33.8 Å². The van der Waals surface area contributed by atoms with Crippen LogP contribution in [-0.2, 0) is 0 Å². The zero-order valence-corrected chi connectivity index (χ0v) is 21.9. The van der Waals surface area contributed by atoms with Crippen LogP contribution in [0.2, 0.25) is 13.3 Å². The Labute approximate surface area is 175 Å². The summed E-state index contributed by atoms with van der Waals surface area (Å²) >= 11 is -2.47. The molecule has 0 heterocycles.